The lowest BCUT2D eigenvalue weighted by Gasteiger charge is -2.25. The van der Waals surface area contributed by atoms with Gasteiger partial charge in [0.1, 0.15) is 0 Å². The normalized spacial score (nSPS) is 14.7. The van der Waals surface area contributed by atoms with E-state index in [1.54, 1.807) is 0 Å². The second kappa shape index (κ2) is 8.72. The zero-order valence-electron chi connectivity index (χ0n) is 14.4. The first-order valence-corrected chi connectivity index (χ1v) is 10.8. The third kappa shape index (κ3) is 6.33. The molecule has 1 aromatic rings. The van der Waals surface area contributed by atoms with Crippen LogP contribution in [-0.4, -0.2) is 26.3 Å². The molecule has 1 unspecified atom stereocenters. The van der Waals surface area contributed by atoms with Gasteiger partial charge in [-0.1, -0.05) is 52.0 Å². The predicted molar refractivity (Wildman–Crippen MR) is 93.6 cm³/mol. The van der Waals surface area contributed by atoms with Crippen molar-refractivity contribution in [3.8, 4) is 0 Å². The van der Waals surface area contributed by atoms with Crippen LogP contribution in [0.4, 0.5) is 0 Å². The number of rotatable bonds is 9. The summed E-state index contributed by atoms with van der Waals surface area (Å²) in [7, 11) is -2.29. The fourth-order valence-corrected chi connectivity index (χ4v) is 3.75. The van der Waals surface area contributed by atoms with Crippen molar-refractivity contribution in [3.05, 3.63) is 29.8 Å². The maximum atomic E-state index is 10.7. The van der Waals surface area contributed by atoms with Gasteiger partial charge in [0.05, 0.1) is 0 Å². The highest BCUT2D eigenvalue weighted by Gasteiger charge is 2.31. The highest BCUT2D eigenvalue weighted by atomic mass is 28.4. The summed E-state index contributed by atoms with van der Waals surface area (Å²) in [4.78, 5) is 10.7. The first-order valence-electron chi connectivity index (χ1n) is 8.23. The standard InChI is InChI=1S/C18H32O2Si/c1-15(2)11-13-20-12-7-9-17-8-6-10-18(14-17)21(5,19)16(3)4/h6,8,10,14-16,19H,7,9,11-13H2,1-5H3. The largest absolute Gasteiger partial charge is 0.427 e. The van der Waals surface area contributed by atoms with Gasteiger partial charge < -0.3 is 9.53 Å². The van der Waals surface area contributed by atoms with Crippen molar-refractivity contribution in [2.75, 3.05) is 13.2 Å². The van der Waals surface area contributed by atoms with E-state index in [2.05, 4.69) is 52.0 Å². The molecular weight excluding hydrogens is 276 g/mol. The Hall–Kier alpha value is -0.643. The predicted octanol–water partition coefficient (Wildman–Crippen LogP) is 3.87. The molecule has 0 aromatic heterocycles. The molecule has 21 heavy (non-hydrogen) atoms. The van der Waals surface area contributed by atoms with Gasteiger partial charge in [0.15, 0.2) is 0 Å². The summed E-state index contributed by atoms with van der Waals surface area (Å²) in [5.41, 5.74) is 1.65. The van der Waals surface area contributed by atoms with Crippen LogP contribution < -0.4 is 5.19 Å². The van der Waals surface area contributed by atoms with Crippen LogP contribution >= 0.6 is 0 Å². The number of ether oxygens (including phenoxy) is 1. The van der Waals surface area contributed by atoms with Gasteiger partial charge in [0.2, 0.25) is 8.32 Å². The zero-order valence-corrected chi connectivity index (χ0v) is 15.4. The Morgan fingerprint density at radius 3 is 2.48 bits per heavy atom. The van der Waals surface area contributed by atoms with Crippen LogP contribution in [0.2, 0.25) is 12.1 Å². The average molecular weight is 309 g/mol. The van der Waals surface area contributed by atoms with Crippen LogP contribution in [0.15, 0.2) is 24.3 Å². The summed E-state index contributed by atoms with van der Waals surface area (Å²) in [6.45, 7) is 12.4. The van der Waals surface area contributed by atoms with Crippen LogP contribution in [-0.2, 0) is 11.2 Å². The molecule has 120 valence electrons. The fourth-order valence-electron chi connectivity index (χ4n) is 2.17. The minimum Gasteiger partial charge on any atom is -0.427 e. The van der Waals surface area contributed by atoms with Gasteiger partial charge in [-0.2, -0.15) is 0 Å². The summed E-state index contributed by atoms with van der Waals surface area (Å²) in [5, 5.41) is 1.15. The van der Waals surface area contributed by atoms with Gasteiger partial charge in [-0.15, -0.1) is 0 Å². The second-order valence-corrected chi connectivity index (χ2v) is 10.9. The van der Waals surface area contributed by atoms with E-state index < -0.39 is 8.32 Å². The first kappa shape index (κ1) is 18.4. The second-order valence-electron chi connectivity index (χ2n) is 6.90. The van der Waals surface area contributed by atoms with Crippen LogP contribution in [0.3, 0.4) is 0 Å². The summed E-state index contributed by atoms with van der Waals surface area (Å²) in [6.07, 6.45) is 3.21. The molecule has 1 rings (SSSR count). The molecule has 0 amide bonds. The number of aryl methyl sites for hydroxylation is 1. The van der Waals surface area contributed by atoms with E-state index in [4.69, 9.17) is 4.74 Å². The lowest BCUT2D eigenvalue weighted by atomic mass is 10.1. The molecule has 1 N–H and O–H groups in total. The Bertz CT molecular complexity index is 413. The lowest BCUT2D eigenvalue weighted by molar-refractivity contribution is 0.121. The number of benzene rings is 1. The van der Waals surface area contributed by atoms with Gasteiger partial charge in [-0.3, -0.25) is 0 Å². The van der Waals surface area contributed by atoms with Crippen molar-refractivity contribution >= 4 is 13.5 Å². The molecule has 0 aliphatic heterocycles. The van der Waals surface area contributed by atoms with Crippen molar-refractivity contribution in [3.63, 3.8) is 0 Å². The van der Waals surface area contributed by atoms with E-state index in [9.17, 15) is 4.80 Å². The van der Waals surface area contributed by atoms with Gasteiger partial charge in [0.25, 0.3) is 0 Å². The maximum absolute atomic E-state index is 10.7. The van der Waals surface area contributed by atoms with E-state index in [1.165, 1.54) is 5.56 Å². The zero-order chi connectivity index (χ0) is 15.9. The SMILES string of the molecule is CC(C)CCOCCCc1cccc([Si](C)(O)C(C)C)c1. The highest BCUT2D eigenvalue weighted by molar-refractivity contribution is 6.85. The third-order valence-corrected chi connectivity index (χ3v) is 7.96. The average Bonchev–Trinajstić information content (AvgIpc) is 2.42. The Balaban J connectivity index is 2.43. The minimum absolute atomic E-state index is 0.340. The molecule has 1 atom stereocenters. The molecule has 0 saturated carbocycles. The summed E-state index contributed by atoms with van der Waals surface area (Å²) >= 11 is 0. The minimum atomic E-state index is -2.29. The molecule has 3 heteroatoms. The molecule has 0 fully saturated rings. The Kier molecular flexibility index (Phi) is 7.64. The first-order chi connectivity index (χ1) is 9.84. The molecule has 0 radical (unpaired) electrons. The van der Waals surface area contributed by atoms with Crippen molar-refractivity contribution < 1.29 is 9.53 Å². The third-order valence-electron chi connectivity index (χ3n) is 4.23. The van der Waals surface area contributed by atoms with Gasteiger partial charge >= 0.3 is 0 Å². The molecule has 0 aliphatic carbocycles. The van der Waals surface area contributed by atoms with Crippen LogP contribution in [0.1, 0.15) is 46.1 Å². The van der Waals surface area contributed by atoms with Crippen LogP contribution in [0, 0.1) is 5.92 Å². The monoisotopic (exact) mass is 308 g/mol. The number of hydrogen-bond donors (Lipinski definition) is 1. The summed E-state index contributed by atoms with van der Waals surface area (Å²) in [6, 6.07) is 8.51. The van der Waals surface area contributed by atoms with Crippen LogP contribution in [0.5, 0.6) is 0 Å². The van der Waals surface area contributed by atoms with E-state index in [-0.39, 0.29) is 0 Å². The molecule has 0 spiro atoms. The van der Waals surface area contributed by atoms with Crippen molar-refractivity contribution in [2.45, 2.75) is 59.0 Å². The summed E-state index contributed by atoms with van der Waals surface area (Å²) < 4.78 is 5.66. The smallest absolute Gasteiger partial charge is 0.219 e. The Morgan fingerprint density at radius 2 is 1.86 bits per heavy atom. The van der Waals surface area contributed by atoms with Gasteiger partial charge in [-0.05, 0) is 48.0 Å². The van der Waals surface area contributed by atoms with Crippen molar-refractivity contribution in [1.29, 1.82) is 0 Å². The Morgan fingerprint density at radius 1 is 1.14 bits per heavy atom. The molecule has 0 aliphatic rings. The van der Waals surface area contributed by atoms with Gasteiger partial charge in [-0.25, -0.2) is 0 Å². The molecule has 0 bridgehead atoms. The number of hydrogen-bond acceptors (Lipinski definition) is 2. The maximum Gasteiger partial charge on any atom is 0.219 e. The molecular formula is C18H32O2Si. The van der Waals surface area contributed by atoms with E-state index >= 15 is 0 Å². The fraction of sp³-hybridized carbons (Fsp3) is 0.667. The lowest BCUT2D eigenvalue weighted by Crippen LogP contribution is -2.47. The van der Waals surface area contributed by atoms with Gasteiger partial charge in [0, 0.05) is 13.2 Å². The van der Waals surface area contributed by atoms with Crippen molar-refractivity contribution in [2.24, 2.45) is 5.92 Å². The van der Waals surface area contributed by atoms with E-state index in [0.29, 0.717) is 11.5 Å². The van der Waals surface area contributed by atoms with Crippen LogP contribution in [0.25, 0.3) is 0 Å². The molecule has 1 aromatic carbocycles. The van der Waals surface area contributed by atoms with E-state index in [1.807, 2.05) is 6.55 Å². The van der Waals surface area contributed by atoms with E-state index in [0.717, 1.165) is 37.7 Å². The summed E-state index contributed by atoms with van der Waals surface area (Å²) in [5.74, 6) is 0.713. The quantitative estimate of drug-likeness (QED) is 0.554. The van der Waals surface area contributed by atoms with Crippen molar-refractivity contribution in [1.82, 2.24) is 0 Å². The highest BCUT2D eigenvalue weighted by Crippen LogP contribution is 2.18. The molecule has 0 heterocycles. The topological polar surface area (TPSA) is 29.5 Å². The molecule has 2 nitrogen and oxygen atoms in total. The Labute approximate surface area is 131 Å². The molecule has 0 saturated heterocycles.